The molecule has 0 spiro atoms. The van der Waals surface area contributed by atoms with Gasteiger partial charge < -0.3 is 45.4 Å². The molecule has 1 aliphatic rings. The fourth-order valence-corrected chi connectivity index (χ4v) is 11.6. The van der Waals surface area contributed by atoms with Crippen LogP contribution in [0.4, 0.5) is 0 Å². The number of hydrogen-bond acceptors (Lipinski definition) is 9. The molecule has 1 aliphatic heterocycles. The summed E-state index contributed by atoms with van der Waals surface area (Å²) in [6.07, 6.45) is 60.8. The Balaban J connectivity index is 2.03. The molecule has 8 unspecified atom stereocenters. The average molecular weight is 1100 g/mol. The fourth-order valence-electron chi connectivity index (χ4n) is 11.6. The maximum Gasteiger partial charge on any atom is 0.249 e. The molecule has 1 fully saturated rings. The zero-order valence-electron chi connectivity index (χ0n) is 51.1. The largest absolute Gasteiger partial charge is 0.394 e. The van der Waals surface area contributed by atoms with Gasteiger partial charge in [-0.3, -0.25) is 4.79 Å². The van der Waals surface area contributed by atoms with Crippen molar-refractivity contribution >= 4 is 5.91 Å². The molecule has 0 aliphatic carbocycles. The first kappa shape index (κ1) is 74.2. The number of carbonyl (C=O) groups excluding carboxylic acids is 1. The highest BCUT2D eigenvalue weighted by Gasteiger charge is 2.44. The highest BCUT2D eigenvalue weighted by Crippen LogP contribution is 2.24. The van der Waals surface area contributed by atoms with Crippen LogP contribution in [0.15, 0.2) is 0 Å². The zero-order chi connectivity index (χ0) is 55.9. The van der Waals surface area contributed by atoms with E-state index in [1.165, 1.54) is 295 Å². The molecule has 0 aromatic rings. The molecule has 7 N–H and O–H groups in total. The molecule has 10 nitrogen and oxygen atoms in total. The van der Waals surface area contributed by atoms with Crippen LogP contribution in [-0.2, 0) is 14.3 Å². The van der Waals surface area contributed by atoms with E-state index in [9.17, 15) is 35.4 Å². The molecule has 0 radical (unpaired) electrons. The second kappa shape index (κ2) is 57.0. The van der Waals surface area contributed by atoms with Crippen LogP contribution in [-0.4, -0.2) is 98.7 Å². The summed E-state index contributed by atoms with van der Waals surface area (Å²) in [7, 11) is 0. The zero-order valence-corrected chi connectivity index (χ0v) is 51.1. The van der Waals surface area contributed by atoms with Crippen molar-refractivity contribution in [3.05, 3.63) is 0 Å². The van der Waals surface area contributed by atoms with Crippen molar-refractivity contribution in [2.24, 2.45) is 0 Å². The molecular formula is C67H133NO9. The summed E-state index contributed by atoms with van der Waals surface area (Å²) in [5.74, 6) is -0.575. The second-order valence-corrected chi connectivity index (χ2v) is 24.5. The number of aliphatic hydroxyl groups excluding tert-OH is 6. The molecule has 0 aromatic heterocycles. The SMILES string of the molecule is CCCCCCCCCCCCCCCCCCCCCCCCCCCCCCCCCCCCCCCCC(O)C(=O)NC(COC1OC(CO)C(O)C(O)C1O)C(O)CCCCCCCCCCCCCCCC. The smallest absolute Gasteiger partial charge is 0.249 e. The third kappa shape index (κ3) is 45.4. The Labute approximate surface area is 477 Å². The third-order valence-electron chi connectivity index (χ3n) is 17.1. The predicted molar refractivity (Wildman–Crippen MR) is 324 cm³/mol. The molecule has 1 rings (SSSR count). The molecule has 0 aromatic carbocycles. The van der Waals surface area contributed by atoms with E-state index in [1.807, 2.05) is 0 Å². The van der Waals surface area contributed by atoms with E-state index < -0.39 is 61.5 Å². The average Bonchev–Trinajstić information content (AvgIpc) is 3.43. The minimum Gasteiger partial charge on any atom is -0.394 e. The van der Waals surface area contributed by atoms with E-state index in [0.29, 0.717) is 12.8 Å². The number of rotatable bonds is 61. The summed E-state index contributed by atoms with van der Waals surface area (Å²) in [6, 6.07) is -0.890. The molecule has 1 saturated heterocycles. The van der Waals surface area contributed by atoms with Crippen LogP contribution >= 0.6 is 0 Å². The summed E-state index contributed by atoms with van der Waals surface area (Å²) in [6.45, 7) is 3.72. The van der Waals surface area contributed by atoms with Gasteiger partial charge in [-0.25, -0.2) is 0 Å². The standard InChI is InChI=1S/C67H133NO9/c1-3-5-7-9-11-13-15-17-19-20-21-22-23-24-25-26-27-28-29-30-31-32-33-34-35-36-37-38-39-40-41-42-44-46-48-50-52-54-56-61(71)66(75)68-59(58-76-67-65(74)64(73)63(72)62(57-69)77-67)60(70)55-53-51-49-47-45-43-18-16-14-12-10-8-6-4-2/h59-65,67,69-74H,3-58H2,1-2H3,(H,68,75). The fraction of sp³-hybridized carbons (Fsp3) is 0.985. The molecule has 0 saturated carbocycles. The Morgan fingerprint density at radius 3 is 0.922 bits per heavy atom. The number of aliphatic hydroxyl groups is 6. The Morgan fingerprint density at radius 2 is 0.649 bits per heavy atom. The summed E-state index contributed by atoms with van der Waals surface area (Å²) in [5, 5.41) is 65.3. The Kier molecular flexibility index (Phi) is 54.9. The molecule has 0 bridgehead atoms. The van der Waals surface area contributed by atoms with Gasteiger partial charge in [-0.2, -0.15) is 0 Å². The molecule has 10 heteroatoms. The third-order valence-corrected chi connectivity index (χ3v) is 17.1. The maximum atomic E-state index is 13.2. The number of hydrogen-bond donors (Lipinski definition) is 7. The number of ether oxygens (including phenoxy) is 2. The van der Waals surface area contributed by atoms with E-state index in [2.05, 4.69) is 19.2 Å². The van der Waals surface area contributed by atoms with Gasteiger partial charge in [-0.05, 0) is 12.8 Å². The second-order valence-electron chi connectivity index (χ2n) is 24.5. The highest BCUT2D eigenvalue weighted by atomic mass is 16.7. The van der Waals surface area contributed by atoms with Crippen molar-refractivity contribution < 1.29 is 44.9 Å². The van der Waals surface area contributed by atoms with E-state index in [0.717, 1.165) is 38.5 Å². The summed E-state index contributed by atoms with van der Waals surface area (Å²) >= 11 is 0. The van der Waals surface area contributed by atoms with Crippen molar-refractivity contribution in [1.82, 2.24) is 5.32 Å². The summed E-state index contributed by atoms with van der Waals surface area (Å²) in [5.41, 5.74) is 0. The quantitative estimate of drug-likeness (QED) is 0.0293. The van der Waals surface area contributed by atoms with Crippen LogP contribution < -0.4 is 5.32 Å². The van der Waals surface area contributed by atoms with E-state index in [-0.39, 0.29) is 6.61 Å². The topological polar surface area (TPSA) is 169 Å². The van der Waals surface area contributed by atoms with Gasteiger partial charge in [0.2, 0.25) is 5.91 Å². The molecule has 1 amide bonds. The van der Waals surface area contributed by atoms with Crippen LogP contribution in [0.5, 0.6) is 0 Å². The molecule has 460 valence electrons. The minimum absolute atomic E-state index is 0.249. The van der Waals surface area contributed by atoms with Crippen molar-refractivity contribution in [3.63, 3.8) is 0 Å². The first-order valence-corrected chi connectivity index (χ1v) is 34.3. The van der Waals surface area contributed by atoms with E-state index in [4.69, 9.17) is 9.47 Å². The lowest BCUT2D eigenvalue weighted by Gasteiger charge is -2.40. The van der Waals surface area contributed by atoms with Crippen molar-refractivity contribution in [2.75, 3.05) is 13.2 Å². The number of unbranched alkanes of at least 4 members (excludes halogenated alkanes) is 50. The molecular weight excluding hydrogens is 963 g/mol. The van der Waals surface area contributed by atoms with Gasteiger partial charge in [0.1, 0.15) is 30.5 Å². The molecule has 1 heterocycles. The number of carbonyl (C=O) groups is 1. The van der Waals surface area contributed by atoms with E-state index in [1.54, 1.807) is 0 Å². The van der Waals surface area contributed by atoms with Crippen LogP contribution in [0.25, 0.3) is 0 Å². The lowest BCUT2D eigenvalue weighted by Crippen LogP contribution is -2.60. The lowest BCUT2D eigenvalue weighted by atomic mass is 9.99. The first-order chi connectivity index (χ1) is 37.8. The predicted octanol–water partition coefficient (Wildman–Crippen LogP) is 17.1. The van der Waals surface area contributed by atoms with Gasteiger partial charge in [0.25, 0.3) is 0 Å². The van der Waals surface area contributed by atoms with Crippen molar-refractivity contribution in [2.45, 2.75) is 410 Å². The highest BCUT2D eigenvalue weighted by molar-refractivity contribution is 5.80. The molecule has 77 heavy (non-hydrogen) atoms. The summed E-state index contributed by atoms with van der Waals surface area (Å²) in [4.78, 5) is 13.2. The number of nitrogens with one attached hydrogen (secondary N) is 1. The maximum absolute atomic E-state index is 13.2. The van der Waals surface area contributed by atoms with Crippen molar-refractivity contribution in [1.29, 1.82) is 0 Å². The van der Waals surface area contributed by atoms with Crippen LogP contribution in [0, 0.1) is 0 Å². The van der Waals surface area contributed by atoms with Crippen LogP contribution in [0.3, 0.4) is 0 Å². The Morgan fingerprint density at radius 1 is 0.390 bits per heavy atom. The van der Waals surface area contributed by atoms with Crippen LogP contribution in [0.2, 0.25) is 0 Å². The van der Waals surface area contributed by atoms with Gasteiger partial charge in [0, 0.05) is 0 Å². The van der Waals surface area contributed by atoms with Crippen LogP contribution in [0.1, 0.15) is 361 Å². The Bertz CT molecular complexity index is 1190. The number of amides is 1. The van der Waals surface area contributed by atoms with Gasteiger partial charge in [-0.1, -0.05) is 348 Å². The van der Waals surface area contributed by atoms with Crippen molar-refractivity contribution in [3.8, 4) is 0 Å². The normalized spacial score (nSPS) is 19.0. The summed E-state index contributed by atoms with van der Waals surface area (Å²) < 4.78 is 11.3. The Hall–Kier alpha value is -0.850. The lowest BCUT2D eigenvalue weighted by molar-refractivity contribution is -0.302. The van der Waals surface area contributed by atoms with Gasteiger partial charge >= 0.3 is 0 Å². The first-order valence-electron chi connectivity index (χ1n) is 34.3. The van der Waals surface area contributed by atoms with Gasteiger partial charge in [0.15, 0.2) is 6.29 Å². The monoisotopic (exact) mass is 1100 g/mol. The minimum atomic E-state index is -1.59. The van der Waals surface area contributed by atoms with Gasteiger partial charge in [0.05, 0.1) is 25.4 Å². The molecule has 8 atom stereocenters. The van der Waals surface area contributed by atoms with Gasteiger partial charge in [-0.15, -0.1) is 0 Å². The van der Waals surface area contributed by atoms with E-state index >= 15 is 0 Å².